The number of rotatable bonds is 3. The van der Waals surface area contributed by atoms with Crippen molar-refractivity contribution in [3.05, 3.63) is 75.9 Å². The molecule has 0 saturated carbocycles. The van der Waals surface area contributed by atoms with Crippen molar-refractivity contribution in [1.29, 1.82) is 0 Å². The SMILES string of the molecule is Fc1ccc(-c2c[n+](Cc3ccc(Cl)cc3Cl)c3n2CCC3)cc1. The zero-order valence-corrected chi connectivity index (χ0v) is 14.5. The maximum Gasteiger partial charge on any atom is 0.257 e. The van der Waals surface area contributed by atoms with Gasteiger partial charge in [0, 0.05) is 21.2 Å². The predicted molar refractivity (Wildman–Crippen MR) is 93.9 cm³/mol. The van der Waals surface area contributed by atoms with E-state index < -0.39 is 0 Å². The van der Waals surface area contributed by atoms with E-state index in [1.807, 2.05) is 24.3 Å². The van der Waals surface area contributed by atoms with Crippen molar-refractivity contribution < 1.29 is 8.96 Å². The molecule has 1 aromatic heterocycles. The molecule has 2 nitrogen and oxygen atoms in total. The predicted octanol–water partition coefficient (Wildman–Crippen LogP) is 4.88. The second-order valence-electron chi connectivity index (χ2n) is 6.06. The first-order valence-corrected chi connectivity index (χ1v) is 8.69. The first-order valence-electron chi connectivity index (χ1n) is 7.93. The standard InChI is InChI=1S/C19H16Cl2FN2/c20-15-6-3-14(17(21)10-15)11-23-12-18(24-9-1-2-19(23)24)13-4-7-16(22)8-5-13/h3-8,10,12H,1-2,9,11H2/q+1. The smallest absolute Gasteiger partial charge is 0.229 e. The summed E-state index contributed by atoms with van der Waals surface area (Å²) in [6.45, 7) is 1.69. The van der Waals surface area contributed by atoms with Crippen LogP contribution in [0.3, 0.4) is 0 Å². The lowest BCUT2D eigenvalue weighted by Gasteiger charge is -2.03. The van der Waals surface area contributed by atoms with E-state index >= 15 is 0 Å². The third-order valence-electron chi connectivity index (χ3n) is 4.49. The minimum Gasteiger partial charge on any atom is -0.229 e. The average Bonchev–Trinajstić information content (AvgIpc) is 3.15. The van der Waals surface area contributed by atoms with E-state index in [1.165, 1.54) is 18.0 Å². The Bertz CT molecular complexity index is 900. The highest BCUT2D eigenvalue weighted by atomic mass is 35.5. The molecule has 0 N–H and O–H groups in total. The molecule has 0 atom stereocenters. The summed E-state index contributed by atoms with van der Waals surface area (Å²) in [5, 5.41) is 1.32. The average molecular weight is 362 g/mol. The molecule has 0 aliphatic carbocycles. The minimum absolute atomic E-state index is 0.215. The number of benzene rings is 2. The van der Waals surface area contributed by atoms with Gasteiger partial charge in [0.1, 0.15) is 18.6 Å². The fourth-order valence-electron chi connectivity index (χ4n) is 3.33. The van der Waals surface area contributed by atoms with E-state index in [0.29, 0.717) is 16.6 Å². The Balaban J connectivity index is 1.74. The topological polar surface area (TPSA) is 8.81 Å². The van der Waals surface area contributed by atoms with Gasteiger partial charge in [0.25, 0.3) is 5.82 Å². The molecule has 2 aromatic carbocycles. The van der Waals surface area contributed by atoms with Crippen LogP contribution in [0.2, 0.25) is 10.0 Å². The Morgan fingerprint density at radius 1 is 1.08 bits per heavy atom. The van der Waals surface area contributed by atoms with Crippen LogP contribution in [0.15, 0.2) is 48.7 Å². The highest BCUT2D eigenvalue weighted by Gasteiger charge is 2.28. The summed E-state index contributed by atoms with van der Waals surface area (Å²) in [7, 11) is 0. The molecule has 0 bridgehead atoms. The van der Waals surface area contributed by atoms with Gasteiger partial charge in [0.15, 0.2) is 5.69 Å². The summed E-state index contributed by atoms with van der Waals surface area (Å²) in [5.74, 6) is 1.06. The molecule has 24 heavy (non-hydrogen) atoms. The largest absolute Gasteiger partial charge is 0.257 e. The second-order valence-corrected chi connectivity index (χ2v) is 6.90. The van der Waals surface area contributed by atoms with Crippen molar-refractivity contribution in [3.63, 3.8) is 0 Å². The first-order chi connectivity index (χ1) is 11.6. The van der Waals surface area contributed by atoms with Crippen LogP contribution in [0.25, 0.3) is 11.3 Å². The van der Waals surface area contributed by atoms with Crippen LogP contribution in [0.1, 0.15) is 17.8 Å². The van der Waals surface area contributed by atoms with Crippen molar-refractivity contribution in [2.24, 2.45) is 0 Å². The lowest BCUT2D eigenvalue weighted by molar-refractivity contribution is -0.694. The summed E-state index contributed by atoms with van der Waals surface area (Å²) in [6.07, 6.45) is 4.29. The summed E-state index contributed by atoms with van der Waals surface area (Å²) >= 11 is 12.3. The van der Waals surface area contributed by atoms with Crippen LogP contribution >= 0.6 is 23.2 Å². The summed E-state index contributed by atoms with van der Waals surface area (Å²) in [4.78, 5) is 0. The molecule has 0 unspecified atom stereocenters. The van der Waals surface area contributed by atoms with Gasteiger partial charge >= 0.3 is 0 Å². The fraction of sp³-hybridized carbons (Fsp3) is 0.211. The third kappa shape index (κ3) is 2.83. The van der Waals surface area contributed by atoms with Gasteiger partial charge in [0.05, 0.1) is 13.0 Å². The molecule has 1 aliphatic heterocycles. The molecule has 122 valence electrons. The zero-order valence-electron chi connectivity index (χ0n) is 13.0. The molecule has 0 amide bonds. The van der Waals surface area contributed by atoms with Crippen molar-refractivity contribution in [3.8, 4) is 11.3 Å². The van der Waals surface area contributed by atoms with Gasteiger partial charge in [-0.25, -0.2) is 13.5 Å². The molecule has 0 radical (unpaired) electrons. The monoisotopic (exact) mass is 361 g/mol. The van der Waals surface area contributed by atoms with E-state index in [9.17, 15) is 4.39 Å². The maximum atomic E-state index is 13.2. The molecule has 5 heteroatoms. The molecule has 1 aliphatic rings. The van der Waals surface area contributed by atoms with Gasteiger partial charge in [-0.05, 0) is 42.8 Å². The van der Waals surface area contributed by atoms with Crippen LogP contribution < -0.4 is 4.57 Å². The Morgan fingerprint density at radius 3 is 2.62 bits per heavy atom. The van der Waals surface area contributed by atoms with Crippen molar-refractivity contribution in [2.75, 3.05) is 0 Å². The summed E-state index contributed by atoms with van der Waals surface area (Å²) < 4.78 is 17.8. The third-order valence-corrected chi connectivity index (χ3v) is 5.08. The van der Waals surface area contributed by atoms with E-state index in [0.717, 1.165) is 36.2 Å². The van der Waals surface area contributed by atoms with Crippen LogP contribution in [-0.2, 0) is 19.5 Å². The number of hydrogen-bond acceptors (Lipinski definition) is 0. The molecule has 3 aromatic rings. The Kier molecular flexibility index (Phi) is 4.07. The van der Waals surface area contributed by atoms with E-state index in [4.69, 9.17) is 23.2 Å². The van der Waals surface area contributed by atoms with E-state index in [1.54, 1.807) is 6.07 Å². The van der Waals surface area contributed by atoms with Gasteiger partial charge in [-0.3, -0.25) is 0 Å². The normalized spacial score (nSPS) is 13.3. The van der Waals surface area contributed by atoms with Gasteiger partial charge in [-0.2, -0.15) is 0 Å². The quantitative estimate of drug-likeness (QED) is 0.587. The Hall–Kier alpha value is -1.84. The lowest BCUT2D eigenvalue weighted by atomic mass is 10.1. The molecule has 0 saturated heterocycles. The van der Waals surface area contributed by atoms with E-state index in [2.05, 4.69) is 15.3 Å². The molecule has 0 fully saturated rings. The summed E-state index contributed by atoms with van der Waals surface area (Å²) in [6, 6.07) is 12.3. The van der Waals surface area contributed by atoms with Crippen LogP contribution in [0, 0.1) is 5.82 Å². The Labute approximate surface area is 150 Å². The lowest BCUT2D eigenvalue weighted by Crippen LogP contribution is -2.36. The van der Waals surface area contributed by atoms with Crippen molar-refractivity contribution in [1.82, 2.24) is 4.57 Å². The van der Waals surface area contributed by atoms with Gasteiger partial charge in [-0.1, -0.05) is 29.3 Å². The Morgan fingerprint density at radius 2 is 1.88 bits per heavy atom. The van der Waals surface area contributed by atoms with Crippen LogP contribution in [0.4, 0.5) is 4.39 Å². The maximum absolute atomic E-state index is 13.2. The number of halogens is 3. The zero-order chi connectivity index (χ0) is 16.7. The van der Waals surface area contributed by atoms with Crippen LogP contribution in [-0.4, -0.2) is 4.57 Å². The van der Waals surface area contributed by atoms with Gasteiger partial charge in [0.2, 0.25) is 0 Å². The molecule has 4 rings (SSSR count). The number of aromatic nitrogens is 2. The second kappa shape index (κ2) is 6.23. The number of hydrogen-bond donors (Lipinski definition) is 0. The highest BCUT2D eigenvalue weighted by molar-refractivity contribution is 6.35. The molecule has 2 heterocycles. The first kappa shape index (κ1) is 15.7. The van der Waals surface area contributed by atoms with Crippen molar-refractivity contribution >= 4 is 23.2 Å². The van der Waals surface area contributed by atoms with Crippen molar-refractivity contribution in [2.45, 2.75) is 25.9 Å². The number of fused-ring (bicyclic) bond motifs is 1. The van der Waals surface area contributed by atoms with Gasteiger partial charge in [-0.15, -0.1) is 0 Å². The highest BCUT2D eigenvalue weighted by Crippen LogP contribution is 2.26. The molecule has 0 spiro atoms. The number of nitrogens with zero attached hydrogens (tertiary/aromatic N) is 2. The van der Waals surface area contributed by atoms with Crippen LogP contribution in [0.5, 0.6) is 0 Å². The molecular weight excluding hydrogens is 346 g/mol. The minimum atomic E-state index is -0.215. The van der Waals surface area contributed by atoms with Gasteiger partial charge < -0.3 is 0 Å². The van der Waals surface area contributed by atoms with E-state index in [-0.39, 0.29) is 5.82 Å². The fourth-order valence-corrected chi connectivity index (χ4v) is 3.80. The summed E-state index contributed by atoms with van der Waals surface area (Å²) in [5.41, 5.74) is 3.19. The number of imidazole rings is 1. The molecular formula is C19H16Cl2FN2+.